The molecule has 0 atom stereocenters. The van der Waals surface area contributed by atoms with Crippen molar-refractivity contribution in [3.05, 3.63) is 0 Å². The Labute approximate surface area is 232 Å². The molecule has 0 aliphatic heterocycles. The fourth-order valence-electron chi connectivity index (χ4n) is 0.516. The molecule has 0 rings (SSSR count). The molecule has 217 valence electrons. The predicted molar refractivity (Wildman–Crippen MR) is 103 cm³/mol. The molecule has 0 aliphatic carbocycles. The molecule has 0 amide bonds. The summed E-state index contributed by atoms with van der Waals surface area (Å²) in [5, 5.41) is 47.4. The van der Waals surface area contributed by atoms with E-state index in [9.17, 15) is 0 Å². The minimum absolute atomic E-state index is 0. The van der Waals surface area contributed by atoms with Crippen LogP contribution in [0.4, 0.5) is 0 Å². The Hall–Kier alpha value is -1.86. The molecule has 0 aromatic rings. The first-order chi connectivity index (χ1) is 13.5. The summed E-state index contributed by atoms with van der Waals surface area (Å²) in [4.78, 5) is 58.4. The minimum Gasteiger partial charge on any atom is -0.539 e. The summed E-state index contributed by atoms with van der Waals surface area (Å²) >= 11 is 0. The van der Waals surface area contributed by atoms with Gasteiger partial charge in [-0.3, -0.25) is 0 Å². The molecule has 0 heterocycles. The van der Waals surface area contributed by atoms with Gasteiger partial charge in [0.05, 0.1) is 0 Å². The molecule has 0 spiro atoms. The maximum absolute atomic E-state index is 9.10. The van der Waals surface area contributed by atoms with E-state index in [-0.39, 0.29) is 62.2 Å². The van der Waals surface area contributed by atoms with E-state index in [0.717, 1.165) is 26.2 Å². The number of carbonyl (C=O) groups is 6. The molecule has 3 radical (unpaired) electrons. The van der Waals surface area contributed by atoms with Crippen LogP contribution in [0, 0.1) is 0 Å². The van der Waals surface area contributed by atoms with Gasteiger partial charge >= 0.3 is 40.9 Å². The van der Waals surface area contributed by atoms with Gasteiger partial charge in [-0.15, -0.1) is 0 Å². The van der Waals surface area contributed by atoms with Gasteiger partial charge in [-0.2, -0.15) is 0 Å². The summed E-state index contributed by atoms with van der Waals surface area (Å²) in [6, 6.07) is 0. The van der Waals surface area contributed by atoms with Crippen molar-refractivity contribution in [3.8, 4) is 0 Å². The Morgan fingerprint density at radius 2 is 0.743 bits per heavy atom. The second-order valence-electron chi connectivity index (χ2n) is 4.98. The predicted octanol–water partition coefficient (Wildman–Crippen LogP) is -7.85. The Morgan fingerprint density at radius 3 is 0.743 bits per heavy atom. The molecular weight excluding hydrogens is 622 g/mol. The van der Waals surface area contributed by atoms with Gasteiger partial charge in [0.1, 0.15) is 0 Å². The van der Waals surface area contributed by atoms with Gasteiger partial charge in [-0.1, -0.05) is 0 Å². The maximum Gasteiger partial charge on any atom is 2.00 e. The van der Waals surface area contributed by atoms with Crippen LogP contribution in [0.1, 0.15) is 0 Å². The topological polar surface area (TPSA) is 351 Å². The third-order valence-corrected chi connectivity index (χ3v) is 1.68. The second kappa shape index (κ2) is 45.6. The third kappa shape index (κ3) is 112. The normalized spacial score (nSPS) is 7.20. The van der Waals surface area contributed by atoms with E-state index in [4.69, 9.17) is 70.9 Å². The Kier molecular flexibility index (Phi) is 83.3. The van der Waals surface area contributed by atoms with Gasteiger partial charge in [0, 0.05) is 60.3 Å². The number of carboxylic acids is 6. The van der Waals surface area contributed by atoms with Crippen molar-refractivity contribution in [2.45, 2.75) is 0 Å². The molecule has 0 bridgehead atoms. The van der Waals surface area contributed by atoms with E-state index >= 15 is 0 Å². The Morgan fingerprint density at radius 1 is 0.600 bits per heavy atom. The van der Waals surface area contributed by atoms with Crippen LogP contribution >= 0.6 is 0 Å². The van der Waals surface area contributed by atoms with E-state index in [1.54, 1.807) is 0 Å². The van der Waals surface area contributed by atoms with Gasteiger partial charge < -0.3 is 72.4 Å². The number of hydrogen-bond donors (Lipinski definition) is 6. The smallest absolute Gasteiger partial charge is 0.539 e. The quantitative estimate of drug-likeness (QED) is 0.121. The standard InChI is InChI=1S/2C4H12N2.3C2H2O4.Cu.2Mn.2H2O/c2*1-6(2)4-3-5;3*3-1(4)2(5)6;;;;;/h2*3-5H2,1-2H3;3*(H,3,4)(H,5,6);;;;2*1H2/q;;;;;+2;;;;/p-2. The molecule has 0 aromatic heterocycles. The second-order valence-corrected chi connectivity index (χ2v) is 4.98. The largest absolute Gasteiger partial charge is 2.00 e. The number of nitrogens with two attached hydrogens (primary N) is 2. The van der Waals surface area contributed by atoms with Crippen LogP contribution in [0.25, 0.3) is 0 Å². The monoisotopic (exact) mass is 653 g/mol. The summed E-state index contributed by atoms with van der Waals surface area (Å²) in [7, 11) is 8.03. The van der Waals surface area contributed by atoms with Gasteiger partial charge in [0.25, 0.3) is 0 Å². The van der Waals surface area contributed by atoms with Gasteiger partial charge in [-0.25, -0.2) is 19.2 Å². The van der Waals surface area contributed by atoms with Crippen molar-refractivity contribution in [1.29, 1.82) is 0 Å². The number of hydrogen-bond acceptors (Lipinski definition) is 12. The molecule has 0 unspecified atom stereocenters. The average Bonchev–Trinajstić information content (AvgIpc) is 2.56. The first-order valence-electron chi connectivity index (χ1n) is 7.52. The van der Waals surface area contributed by atoms with Crippen molar-refractivity contribution in [2.24, 2.45) is 11.5 Å². The molecule has 18 nitrogen and oxygen atoms in total. The first kappa shape index (κ1) is 63.9. The minimum atomic E-state index is -2.07. The average molecular weight is 654 g/mol. The Balaban J connectivity index is -0.0000000269. The molecule has 0 saturated carbocycles. The fourth-order valence-corrected chi connectivity index (χ4v) is 0.516. The molecular formula is C14H32CuMn2N4O14. The summed E-state index contributed by atoms with van der Waals surface area (Å²) in [6.45, 7) is 3.49. The van der Waals surface area contributed by atoms with Crippen molar-refractivity contribution < 1.29 is 122 Å². The zero-order valence-corrected chi connectivity index (χ0v) is 22.3. The number of rotatable bonds is 4. The number of likely N-dealkylation sites (N-methyl/N-ethyl adjacent to an activating group) is 2. The van der Waals surface area contributed by atoms with Crippen LogP contribution in [-0.2, 0) is 80.0 Å². The van der Waals surface area contributed by atoms with Crippen LogP contribution in [0.3, 0.4) is 0 Å². The van der Waals surface area contributed by atoms with Crippen molar-refractivity contribution in [1.82, 2.24) is 9.80 Å². The van der Waals surface area contributed by atoms with Crippen LogP contribution in [-0.4, -0.2) is 131 Å². The van der Waals surface area contributed by atoms with Crippen molar-refractivity contribution in [2.75, 3.05) is 54.4 Å². The summed E-state index contributed by atoms with van der Waals surface area (Å²) in [6.07, 6.45) is 0. The summed E-state index contributed by atoms with van der Waals surface area (Å²) in [5.74, 6) is -11.7. The summed E-state index contributed by atoms with van der Waals surface area (Å²) < 4.78 is 0. The van der Waals surface area contributed by atoms with E-state index < -0.39 is 35.8 Å². The van der Waals surface area contributed by atoms with Gasteiger partial charge in [-0.05, 0) is 28.2 Å². The number of carbonyl (C=O) groups excluding carboxylic acids is 2. The zero-order chi connectivity index (χ0) is 25.4. The van der Waals surface area contributed by atoms with E-state index in [1.165, 1.54) is 0 Å². The van der Waals surface area contributed by atoms with E-state index in [0.29, 0.717) is 0 Å². The zero-order valence-electron chi connectivity index (χ0n) is 19.0. The summed E-state index contributed by atoms with van der Waals surface area (Å²) in [5.41, 5.74) is 10.4. The van der Waals surface area contributed by atoms with Crippen LogP contribution in [0.2, 0.25) is 0 Å². The SMILES string of the molecule is CN(C)CCN.CN(C)CCN.O.O.O=C(O)C(=O)O.O=C([O-])C(=O)O.O=C([O-])C(=O)O.[Cu+2].[Mn].[Mn]. The molecule has 0 fully saturated rings. The molecule has 12 N–H and O–H groups in total. The number of nitrogens with zero attached hydrogens (tertiary/aromatic N) is 2. The van der Waals surface area contributed by atoms with Gasteiger partial charge in [0.2, 0.25) is 0 Å². The maximum atomic E-state index is 9.10. The van der Waals surface area contributed by atoms with Crippen LogP contribution in [0.5, 0.6) is 0 Å². The molecule has 21 heteroatoms. The number of aliphatic carboxylic acids is 6. The molecule has 0 aromatic carbocycles. The Bertz CT molecular complexity index is 440. The molecule has 0 saturated heterocycles. The molecule has 35 heavy (non-hydrogen) atoms. The van der Waals surface area contributed by atoms with E-state index in [2.05, 4.69) is 9.80 Å². The van der Waals surface area contributed by atoms with E-state index in [1.807, 2.05) is 28.2 Å². The van der Waals surface area contributed by atoms with Crippen molar-refractivity contribution in [3.63, 3.8) is 0 Å². The number of carboxylic acid groups (broad SMARTS) is 6. The first-order valence-corrected chi connectivity index (χ1v) is 7.52. The van der Waals surface area contributed by atoms with Crippen molar-refractivity contribution >= 4 is 35.8 Å². The third-order valence-electron chi connectivity index (χ3n) is 1.68. The molecule has 0 aliphatic rings. The van der Waals surface area contributed by atoms with Crippen LogP contribution < -0.4 is 21.7 Å². The fraction of sp³-hybridized carbons (Fsp3) is 0.571. The van der Waals surface area contributed by atoms with Gasteiger partial charge in [0.15, 0.2) is 11.9 Å². The van der Waals surface area contributed by atoms with Crippen LogP contribution in [0.15, 0.2) is 0 Å².